The highest BCUT2D eigenvalue weighted by Crippen LogP contribution is 2.42. The summed E-state index contributed by atoms with van der Waals surface area (Å²) in [5, 5.41) is 7.26. The van der Waals surface area contributed by atoms with Crippen molar-refractivity contribution in [3.63, 3.8) is 0 Å². The van der Waals surface area contributed by atoms with Crippen molar-refractivity contribution < 1.29 is 4.42 Å². The van der Waals surface area contributed by atoms with Crippen LogP contribution in [0.4, 0.5) is 0 Å². The molecule has 51 heavy (non-hydrogen) atoms. The number of benzene rings is 8. The lowest BCUT2D eigenvalue weighted by atomic mass is 10.0. The standard InChI is InChI=1S/C48H30N2O/c1-2-10-31(11-3-1)34-22-28-45-41(30-34)47-46(51-45)29-27-40-39-14-6-9-17-44(39)50(48(40)47)36-25-20-33(21-26-36)32-18-23-35(24-19-32)49-42-15-7-4-12-37(42)38-13-5-8-16-43(38)49/h1-30H. The maximum Gasteiger partial charge on any atom is 0.137 e. The van der Waals surface area contributed by atoms with E-state index < -0.39 is 0 Å². The summed E-state index contributed by atoms with van der Waals surface area (Å²) in [6.45, 7) is 0. The topological polar surface area (TPSA) is 23.0 Å². The minimum absolute atomic E-state index is 0.895. The normalized spacial score (nSPS) is 11.9. The fraction of sp³-hybridized carbons (Fsp3) is 0. The van der Waals surface area contributed by atoms with E-state index in [0.717, 1.165) is 33.3 Å². The van der Waals surface area contributed by atoms with Crippen molar-refractivity contribution in [2.75, 3.05) is 0 Å². The molecular formula is C48H30N2O. The van der Waals surface area contributed by atoms with Gasteiger partial charge in [-0.2, -0.15) is 0 Å². The van der Waals surface area contributed by atoms with Gasteiger partial charge in [-0.3, -0.25) is 0 Å². The van der Waals surface area contributed by atoms with E-state index in [1.54, 1.807) is 0 Å². The summed E-state index contributed by atoms with van der Waals surface area (Å²) in [5.74, 6) is 0. The Balaban J connectivity index is 1.05. The first kappa shape index (κ1) is 28.0. The van der Waals surface area contributed by atoms with Crippen molar-refractivity contribution in [2.24, 2.45) is 0 Å². The fourth-order valence-electron chi connectivity index (χ4n) is 8.20. The molecule has 0 aliphatic heterocycles. The van der Waals surface area contributed by atoms with Crippen LogP contribution in [-0.4, -0.2) is 9.13 Å². The molecule has 0 aliphatic rings. The molecule has 11 aromatic rings. The van der Waals surface area contributed by atoms with Gasteiger partial charge in [-0.05, 0) is 89.0 Å². The summed E-state index contributed by atoms with van der Waals surface area (Å²) in [5.41, 5.74) is 13.6. The van der Waals surface area contributed by atoms with Gasteiger partial charge in [0.15, 0.2) is 0 Å². The minimum atomic E-state index is 0.895. The first-order chi connectivity index (χ1) is 25.3. The molecule has 8 aromatic carbocycles. The van der Waals surface area contributed by atoms with E-state index >= 15 is 0 Å². The molecule has 0 bridgehead atoms. The summed E-state index contributed by atoms with van der Waals surface area (Å²) in [6, 6.07) is 65.4. The number of furan rings is 1. The van der Waals surface area contributed by atoms with Gasteiger partial charge in [0.1, 0.15) is 11.2 Å². The Kier molecular flexibility index (Phi) is 5.96. The van der Waals surface area contributed by atoms with E-state index in [4.69, 9.17) is 4.42 Å². The fourth-order valence-corrected chi connectivity index (χ4v) is 8.20. The SMILES string of the molecule is c1ccc(-c2ccc3oc4ccc5c6ccccc6n(-c6ccc(-c7ccc(-n8c9ccccc9c9ccccc98)cc7)cc6)c5c4c3c2)cc1. The summed E-state index contributed by atoms with van der Waals surface area (Å²) in [7, 11) is 0. The van der Waals surface area contributed by atoms with Gasteiger partial charge in [0, 0.05) is 38.3 Å². The molecule has 0 saturated heterocycles. The molecule has 0 atom stereocenters. The van der Waals surface area contributed by atoms with E-state index in [1.165, 1.54) is 65.9 Å². The first-order valence-electron chi connectivity index (χ1n) is 17.4. The number of para-hydroxylation sites is 3. The summed E-state index contributed by atoms with van der Waals surface area (Å²) in [6.07, 6.45) is 0. The quantitative estimate of drug-likeness (QED) is 0.186. The van der Waals surface area contributed by atoms with Gasteiger partial charge in [0.05, 0.1) is 27.5 Å². The predicted molar refractivity (Wildman–Crippen MR) is 213 cm³/mol. The monoisotopic (exact) mass is 650 g/mol. The third-order valence-corrected chi connectivity index (χ3v) is 10.5. The number of fused-ring (bicyclic) bond motifs is 10. The van der Waals surface area contributed by atoms with Crippen LogP contribution in [0, 0.1) is 0 Å². The van der Waals surface area contributed by atoms with Crippen LogP contribution in [0.3, 0.4) is 0 Å². The van der Waals surface area contributed by atoms with E-state index in [9.17, 15) is 0 Å². The lowest BCUT2D eigenvalue weighted by Crippen LogP contribution is -1.95. The first-order valence-corrected chi connectivity index (χ1v) is 17.4. The molecule has 0 spiro atoms. The smallest absolute Gasteiger partial charge is 0.137 e. The molecule has 3 nitrogen and oxygen atoms in total. The van der Waals surface area contributed by atoms with Crippen molar-refractivity contribution >= 4 is 65.6 Å². The van der Waals surface area contributed by atoms with Crippen LogP contribution in [0.15, 0.2) is 186 Å². The van der Waals surface area contributed by atoms with Gasteiger partial charge in [0.2, 0.25) is 0 Å². The lowest BCUT2D eigenvalue weighted by molar-refractivity contribution is 0.669. The lowest BCUT2D eigenvalue weighted by Gasteiger charge is -2.11. The van der Waals surface area contributed by atoms with E-state index in [2.05, 4.69) is 191 Å². The average Bonchev–Trinajstić information content (AvgIpc) is 3.86. The number of hydrogen-bond donors (Lipinski definition) is 0. The zero-order valence-corrected chi connectivity index (χ0v) is 27.6. The molecule has 0 fully saturated rings. The molecule has 3 aromatic heterocycles. The highest BCUT2D eigenvalue weighted by Gasteiger charge is 2.20. The number of nitrogens with zero attached hydrogens (tertiary/aromatic N) is 2. The Morgan fingerprint density at radius 3 is 1.41 bits per heavy atom. The second-order valence-corrected chi connectivity index (χ2v) is 13.3. The Hall–Kier alpha value is -6.84. The summed E-state index contributed by atoms with van der Waals surface area (Å²) < 4.78 is 11.3. The van der Waals surface area contributed by atoms with Crippen molar-refractivity contribution in [1.29, 1.82) is 0 Å². The van der Waals surface area contributed by atoms with Gasteiger partial charge < -0.3 is 13.6 Å². The molecule has 0 radical (unpaired) electrons. The Labute approximate surface area is 293 Å². The van der Waals surface area contributed by atoms with Gasteiger partial charge in [0.25, 0.3) is 0 Å². The van der Waals surface area contributed by atoms with Crippen LogP contribution < -0.4 is 0 Å². The Morgan fingerprint density at radius 2 is 0.784 bits per heavy atom. The van der Waals surface area contributed by atoms with Gasteiger partial charge in [-0.1, -0.05) is 115 Å². The van der Waals surface area contributed by atoms with Gasteiger partial charge in [-0.25, -0.2) is 0 Å². The van der Waals surface area contributed by atoms with Crippen molar-refractivity contribution in [3.8, 4) is 33.6 Å². The van der Waals surface area contributed by atoms with Gasteiger partial charge >= 0.3 is 0 Å². The van der Waals surface area contributed by atoms with Crippen LogP contribution in [0.25, 0.3) is 99.2 Å². The second-order valence-electron chi connectivity index (χ2n) is 13.3. The zero-order chi connectivity index (χ0) is 33.5. The molecule has 0 saturated carbocycles. The minimum Gasteiger partial charge on any atom is -0.456 e. The molecule has 3 heteroatoms. The van der Waals surface area contributed by atoms with Crippen molar-refractivity contribution in [2.45, 2.75) is 0 Å². The predicted octanol–water partition coefficient (Wildman–Crippen LogP) is 13.1. The number of aromatic nitrogens is 2. The summed E-state index contributed by atoms with van der Waals surface area (Å²) in [4.78, 5) is 0. The molecular weight excluding hydrogens is 621 g/mol. The third kappa shape index (κ3) is 4.19. The van der Waals surface area contributed by atoms with Crippen LogP contribution in [0.2, 0.25) is 0 Å². The largest absolute Gasteiger partial charge is 0.456 e. The number of hydrogen-bond acceptors (Lipinski definition) is 1. The highest BCUT2D eigenvalue weighted by atomic mass is 16.3. The third-order valence-electron chi connectivity index (χ3n) is 10.5. The molecule has 3 heterocycles. The van der Waals surface area contributed by atoms with Crippen LogP contribution in [0.5, 0.6) is 0 Å². The average molecular weight is 651 g/mol. The second kappa shape index (κ2) is 10.8. The zero-order valence-electron chi connectivity index (χ0n) is 27.6. The van der Waals surface area contributed by atoms with E-state index in [0.29, 0.717) is 0 Å². The molecule has 0 unspecified atom stereocenters. The molecule has 238 valence electrons. The highest BCUT2D eigenvalue weighted by molar-refractivity contribution is 6.24. The van der Waals surface area contributed by atoms with Crippen LogP contribution in [-0.2, 0) is 0 Å². The van der Waals surface area contributed by atoms with Crippen molar-refractivity contribution in [1.82, 2.24) is 9.13 Å². The maximum absolute atomic E-state index is 6.48. The van der Waals surface area contributed by atoms with Crippen molar-refractivity contribution in [3.05, 3.63) is 182 Å². The Morgan fingerprint density at radius 1 is 0.314 bits per heavy atom. The Bertz CT molecular complexity index is 3050. The van der Waals surface area contributed by atoms with Gasteiger partial charge in [-0.15, -0.1) is 0 Å². The van der Waals surface area contributed by atoms with Crippen LogP contribution >= 0.6 is 0 Å². The molecule has 0 N–H and O–H groups in total. The van der Waals surface area contributed by atoms with Crippen LogP contribution in [0.1, 0.15) is 0 Å². The maximum atomic E-state index is 6.48. The number of rotatable bonds is 4. The summed E-state index contributed by atoms with van der Waals surface area (Å²) >= 11 is 0. The molecule has 0 amide bonds. The molecule has 0 aliphatic carbocycles. The molecule has 11 rings (SSSR count). The van der Waals surface area contributed by atoms with E-state index in [-0.39, 0.29) is 0 Å². The van der Waals surface area contributed by atoms with E-state index in [1.807, 2.05) is 0 Å².